The number of thiazole rings is 1. The lowest BCUT2D eigenvalue weighted by molar-refractivity contribution is 0.765. The topological polar surface area (TPSA) is 43.6 Å². The van der Waals surface area contributed by atoms with Crippen LogP contribution in [0.5, 0.6) is 0 Å². The molecule has 92 valence electrons. The lowest BCUT2D eigenvalue weighted by Crippen LogP contribution is -1.93. The molecular weight excluding hydrogens is 264 g/mol. The fourth-order valence-electron chi connectivity index (χ4n) is 1.62. The molecule has 0 saturated heterocycles. The monoisotopic (exact) mass is 276 g/mol. The van der Waals surface area contributed by atoms with Gasteiger partial charge in [0, 0.05) is 7.05 Å². The molecule has 4 nitrogen and oxygen atoms in total. The predicted octanol–water partition coefficient (Wildman–Crippen LogP) is 3.03. The number of thioether (sulfide) groups is 1. The second kappa shape index (κ2) is 4.70. The second-order valence-electron chi connectivity index (χ2n) is 3.95. The van der Waals surface area contributed by atoms with Gasteiger partial charge in [-0.15, -0.1) is 21.5 Å². The van der Waals surface area contributed by atoms with Crippen LogP contribution in [0.25, 0.3) is 10.2 Å². The van der Waals surface area contributed by atoms with E-state index in [9.17, 15) is 0 Å². The largest absolute Gasteiger partial charge is 0.309 e. The highest BCUT2D eigenvalue weighted by Gasteiger charge is 2.08. The molecule has 0 radical (unpaired) electrons. The summed E-state index contributed by atoms with van der Waals surface area (Å²) in [6.45, 7) is 1.95. The van der Waals surface area contributed by atoms with Crippen molar-refractivity contribution in [3.63, 3.8) is 0 Å². The quantitative estimate of drug-likeness (QED) is 0.690. The molecule has 6 heteroatoms. The molecule has 0 aliphatic carbocycles. The second-order valence-corrected chi connectivity index (χ2v) is 6.01. The summed E-state index contributed by atoms with van der Waals surface area (Å²) in [5.74, 6) is 1.77. The van der Waals surface area contributed by atoms with E-state index in [0.717, 1.165) is 27.3 Å². The molecule has 0 N–H and O–H groups in total. The highest BCUT2D eigenvalue weighted by atomic mass is 32.2. The fourth-order valence-corrected chi connectivity index (χ4v) is 3.54. The minimum absolute atomic E-state index is 0.839. The van der Waals surface area contributed by atoms with Crippen molar-refractivity contribution in [2.75, 3.05) is 0 Å². The summed E-state index contributed by atoms with van der Waals surface area (Å²) in [6.07, 6.45) is 0. The Kier molecular flexibility index (Phi) is 3.05. The molecule has 0 atom stereocenters. The number of aromatic nitrogens is 4. The summed E-state index contributed by atoms with van der Waals surface area (Å²) in [6, 6.07) is 8.22. The van der Waals surface area contributed by atoms with E-state index in [-0.39, 0.29) is 0 Å². The first-order valence-electron chi connectivity index (χ1n) is 5.57. The molecule has 2 aromatic heterocycles. The molecule has 3 aromatic rings. The summed E-state index contributed by atoms with van der Waals surface area (Å²) in [5, 5.41) is 10.2. The lowest BCUT2D eigenvalue weighted by Gasteiger charge is -1.98. The van der Waals surface area contributed by atoms with Crippen molar-refractivity contribution in [1.29, 1.82) is 0 Å². The average Bonchev–Trinajstić information content (AvgIpc) is 2.92. The summed E-state index contributed by atoms with van der Waals surface area (Å²) in [4.78, 5) is 4.60. The number of nitrogens with zero attached hydrogens (tertiary/aromatic N) is 4. The molecule has 0 fully saturated rings. The zero-order chi connectivity index (χ0) is 12.5. The molecule has 1 aromatic carbocycles. The van der Waals surface area contributed by atoms with Gasteiger partial charge in [0.1, 0.15) is 10.8 Å². The van der Waals surface area contributed by atoms with Gasteiger partial charge in [-0.2, -0.15) is 0 Å². The van der Waals surface area contributed by atoms with Crippen molar-refractivity contribution < 1.29 is 0 Å². The van der Waals surface area contributed by atoms with Crippen molar-refractivity contribution in [3.05, 3.63) is 35.1 Å². The number of rotatable bonds is 3. The number of fused-ring (bicyclic) bond motifs is 1. The third-order valence-electron chi connectivity index (χ3n) is 2.72. The Morgan fingerprint density at radius 2 is 2.11 bits per heavy atom. The van der Waals surface area contributed by atoms with Gasteiger partial charge in [-0.3, -0.25) is 0 Å². The van der Waals surface area contributed by atoms with E-state index in [1.165, 1.54) is 4.70 Å². The SMILES string of the molecule is Cc1nnc(SCc2nc3ccccc3s2)n1C. The van der Waals surface area contributed by atoms with Gasteiger partial charge in [-0.1, -0.05) is 23.9 Å². The molecular formula is C12H12N4S2. The average molecular weight is 276 g/mol. The summed E-state index contributed by atoms with van der Waals surface area (Å²) in [5.41, 5.74) is 1.08. The molecule has 2 heterocycles. The molecule has 0 bridgehead atoms. The van der Waals surface area contributed by atoms with E-state index in [1.54, 1.807) is 23.1 Å². The van der Waals surface area contributed by atoms with Crippen LogP contribution in [0.2, 0.25) is 0 Å². The Hall–Kier alpha value is -1.40. The minimum Gasteiger partial charge on any atom is -0.309 e. The van der Waals surface area contributed by atoms with Gasteiger partial charge >= 0.3 is 0 Å². The fraction of sp³-hybridized carbons (Fsp3) is 0.250. The van der Waals surface area contributed by atoms with Gasteiger partial charge < -0.3 is 4.57 Å². The molecule has 0 unspecified atom stereocenters. The van der Waals surface area contributed by atoms with Gasteiger partial charge in [0.15, 0.2) is 5.16 Å². The maximum absolute atomic E-state index is 4.60. The number of aryl methyl sites for hydroxylation is 1. The van der Waals surface area contributed by atoms with E-state index in [0.29, 0.717) is 0 Å². The molecule has 18 heavy (non-hydrogen) atoms. The summed E-state index contributed by atoms with van der Waals surface area (Å²) < 4.78 is 3.24. The van der Waals surface area contributed by atoms with Crippen molar-refractivity contribution >= 4 is 33.3 Å². The predicted molar refractivity (Wildman–Crippen MR) is 74.9 cm³/mol. The standard InChI is InChI=1S/C12H12N4S2/c1-8-14-15-12(16(8)2)17-7-11-13-9-5-3-4-6-10(9)18-11/h3-6H,7H2,1-2H3. The normalized spacial score (nSPS) is 11.2. The molecule has 0 amide bonds. The Labute approximate surface area is 113 Å². The van der Waals surface area contributed by atoms with Crippen molar-refractivity contribution in [3.8, 4) is 0 Å². The van der Waals surface area contributed by atoms with Crippen LogP contribution < -0.4 is 0 Å². The van der Waals surface area contributed by atoms with Gasteiger partial charge in [0.2, 0.25) is 0 Å². The number of para-hydroxylation sites is 1. The third-order valence-corrected chi connectivity index (χ3v) is 4.97. The lowest BCUT2D eigenvalue weighted by atomic mass is 10.3. The first-order chi connectivity index (χ1) is 8.74. The Bertz CT molecular complexity index is 653. The van der Waals surface area contributed by atoms with Crippen molar-refractivity contribution in [2.45, 2.75) is 17.8 Å². The maximum atomic E-state index is 4.60. The van der Waals surface area contributed by atoms with Crippen LogP contribution in [0.4, 0.5) is 0 Å². The van der Waals surface area contributed by atoms with E-state index >= 15 is 0 Å². The number of hydrogen-bond acceptors (Lipinski definition) is 5. The Morgan fingerprint density at radius 1 is 1.28 bits per heavy atom. The van der Waals surface area contributed by atoms with Gasteiger partial charge in [0.05, 0.1) is 16.0 Å². The van der Waals surface area contributed by atoms with Gasteiger partial charge in [0.25, 0.3) is 0 Å². The van der Waals surface area contributed by atoms with Crippen LogP contribution >= 0.6 is 23.1 Å². The minimum atomic E-state index is 0.839. The van der Waals surface area contributed by atoms with Crippen LogP contribution in [0.3, 0.4) is 0 Å². The van der Waals surface area contributed by atoms with Crippen LogP contribution in [-0.4, -0.2) is 19.7 Å². The summed E-state index contributed by atoms with van der Waals surface area (Å²) >= 11 is 3.41. The van der Waals surface area contributed by atoms with E-state index in [2.05, 4.69) is 21.2 Å². The molecule has 0 aliphatic rings. The number of benzene rings is 1. The Balaban J connectivity index is 1.79. The van der Waals surface area contributed by atoms with Crippen LogP contribution in [0.15, 0.2) is 29.4 Å². The first-order valence-corrected chi connectivity index (χ1v) is 7.37. The number of hydrogen-bond donors (Lipinski definition) is 0. The molecule has 0 spiro atoms. The van der Waals surface area contributed by atoms with Gasteiger partial charge in [-0.05, 0) is 19.1 Å². The van der Waals surface area contributed by atoms with E-state index in [1.807, 2.05) is 36.7 Å². The third kappa shape index (κ3) is 2.13. The Morgan fingerprint density at radius 3 is 2.83 bits per heavy atom. The molecule has 0 saturated carbocycles. The van der Waals surface area contributed by atoms with E-state index in [4.69, 9.17) is 0 Å². The smallest absolute Gasteiger partial charge is 0.191 e. The van der Waals surface area contributed by atoms with Crippen molar-refractivity contribution in [2.24, 2.45) is 7.05 Å². The summed E-state index contributed by atoms with van der Waals surface area (Å²) in [7, 11) is 1.98. The van der Waals surface area contributed by atoms with E-state index < -0.39 is 0 Å². The highest BCUT2D eigenvalue weighted by molar-refractivity contribution is 7.98. The van der Waals surface area contributed by atoms with Gasteiger partial charge in [-0.25, -0.2) is 4.98 Å². The van der Waals surface area contributed by atoms with Crippen LogP contribution in [-0.2, 0) is 12.8 Å². The highest BCUT2D eigenvalue weighted by Crippen LogP contribution is 2.27. The molecule has 3 rings (SSSR count). The molecule has 0 aliphatic heterocycles. The van der Waals surface area contributed by atoms with Crippen LogP contribution in [0, 0.1) is 6.92 Å². The zero-order valence-corrected chi connectivity index (χ0v) is 11.8. The zero-order valence-electron chi connectivity index (χ0n) is 10.1. The first kappa shape index (κ1) is 11.7. The van der Waals surface area contributed by atoms with Crippen molar-refractivity contribution in [1.82, 2.24) is 19.7 Å². The van der Waals surface area contributed by atoms with Crippen LogP contribution in [0.1, 0.15) is 10.8 Å². The maximum Gasteiger partial charge on any atom is 0.191 e.